The summed E-state index contributed by atoms with van der Waals surface area (Å²) in [6.07, 6.45) is 6.45. The first kappa shape index (κ1) is 24.7. The van der Waals surface area contributed by atoms with Crippen molar-refractivity contribution in [3.05, 3.63) is 71.9 Å². The second-order valence-corrected chi connectivity index (χ2v) is 9.71. The first-order valence-corrected chi connectivity index (χ1v) is 12.6. The topological polar surface area (TPSA) is 104 Å². The molecule has 182 valence electrons. The van der Waals surface area contributed by atoms with E-state index in [2.05, 4.69) is 27.5 Å². The molecule has 1 aliphatic carbocycles. The molecule has 1 unspecified atom stereocenters. The molecule has 4 rings (SSSR count). The Balaban J connectivity index is 1.57. The molecule has 3 N–H and O–H groups in total. The smallest absolute Gasteiger partial charge is 0.404 e. The van der Waals surface area contributed by atoms with Crippen molar-refractivity contribution >= 4 is 29.4 Å². The number of pyridine rings is 2. The van der Waals surface area contributed by atoms with Crippen LogP contribution in [0.4, 0.5) is 14.9 Å². The van der Waals surface area contributed by atoms with Crippen LogP contribution in [0.15, 0.2) is 59.8 Å². The summed E-state index contributed by atoms with van der Waals surface area (Å²) < 4.78 is 14.5. The zero-order valence-electron chi connectivity index (χ0n) is 19.5. The van der Waals surface area contributed by atoms with E-state index in [0.717, 1.165) is 23.3 Å². The van der Waals surface area contributed by atoms with Crippen LogP contribution in [0, 0.1) is 11.7 Å². The van der Waals surface area contributed by atoms with E-state index in [9.17, 15) is 14.0 Å². The normalized spacial score (nSPS) is 19.7. The summed E-state index contributed by atoms with van der Waals surface area (Å²) in [6.45, 7) is 2.10. The molecule has 1 aliphatic rings. The van der Waals surface area contributed by atoms with E-state index in [-0.39, 0.29) is 23.3 Å². The van der Waals surface area contributed by atoms with Crippen LogP contribution in [0.25, 0.3) is 11.3 Å². The summed E-state index contributed by atoms with van der Waals surface area (Å²) in [4.78, 5) is 33.8. The average Bonchev–Trinajstić information content (AvgIpc) is 2.84. The largest absolute Gasteiger partial charge is 0.465 e. The molecular weight excluding hydrogens is 467 g/mol. The van der Waals surface area contributed by atoms with Gasteiger partial charge in [0.2, 0.25) is 0 Å². The second kappa shape index (κ2) is 10.9. The monoisotopic (exact) mass is 494 g/mol. The lowest BCUT2D eigenvalue weighted by molar-refractivity contribution is 0.102. The van der Waals surface area contributed by atoms with Gasteiger partial charge in [-0.3, -0.25) is 9.78 Å². The van der Waals surface area contributed by atoms with E-state index in [4.69, 9.17) is 5.11 Å². The highest BCUT2D eigenvalue weighted by atomic mass is 32.2. The van der Waals surface area contributed by atoms with Gasteiger partial charge in [0.25, 0.3) is 5.91 Å². The van der Waals surface area contributed by atoms with Gasteiger partial charge in [-0.2, -0.15) is 0 Å². The third-order valence-electron chi connectivity index (χ3n) is 6.26. The Morgan fingerprint density at radius 3 is 2.57 bits per heavy atom. The van der Waals surface area contributed by atoms with Gasteiger partial charge in [0.05, 0.1) is 11.9 Å². The molecule has 1 fully saturated rings. The Hall–Kier alpha value is -3.46. The molecule has 0 aliphatic heterocycles. The molecule has 0 saturated heterocycles. The van der Waals surface area contributed by atoms with Crippen LogP contribution in [0.3, 0.4) is 0 Å². The number of carbonyl (C=O) groups is 2. The highest BCUT2D eigenvalue weighted by Gasteiger charge is 2.30. The Bertz CT molecular complexity index is 1220. The summed E-state index contributed by atoms with van der Waals surface area (Å²) in [5.41, 5.74) is 2.23. The molecule has 3 aromatic rings. The maximum atomic E-state index is 14.5. The van der Waals surface area contributed by atoms with Crippen LogP contribution < -0.4 is 10.6 Å². The molecule has 2 amide bonds. The van der Waals surface area contributed by atoms with Crippen molar-refractivity contribution in [2.75, 3.05) is 11.6 Å². The van der Waals surface area contributed by atoms with E-state index >= 15 is 0 Å². The average molecular weight is 495 g/mol. The van der Waals surface area contributed by atoms with Gasteiger partial charge in [-0.15, -0.1) is 11.8 Å². The van der Waals surface area contributed by atoms with Gasteiger partial charge in [0, 0.05) is 22.7 Å². The van der Waals surface area contributed by atoms with Crippen molar-refractivity contribution in [2.24, 2.45) is 5.92 Å². The minimum atomic E-state index is -1.03. The van der Waals surface area contributed by atoms with E-state index in [0.29, 0.717) is 23.6 Å². The fourth-order valence-corrected chi connectivity index (χ4v) is 5.13. The Labute approximate surface area is 207 Å². The third-order valence-corrected chi connectivity index (χ3v) is 7.00. The van der Waals surface area contributed by atoms with Crippen LogP contribution in [-0.2, 0) is 0 Å². The number of carboxylic acid groups (broad SMARTS) is 1. The summed E-state index contributed by atoms with van der Waals surface area (Å²) in [5, 5.41) is 14.6. The minimum absolute atomic E-state index is 0.0561. The first-order valence-electron chi connectivity index (χ1n) is 11.4. The van der Waals surface area contributed by atoms with Gasteiger partial charge < -0.3 is 15.7 Å². The van der Waals surface area contributed by atoms with E-state index in [1.54, 1.807) is 36.3 Å². The first-order chi connectivity index (χ1) is 16.8. The Kier molecular flexibility index (Phi) is 7.65. The molecule has 1 aromatic carbocycles. The lowest BCUT2D eigenvalue weighted by Gasteiger charge is -2.34. The van der Waals surface area contributed by atoms with Gasteiger partial charge >= 0.3 is 6.09 Å². The lowest BCUT2D eigenvalue weighted by Crippen LogP contribution is -2.39. The van der Waals surface area contributed by atoms with Gasteiger partial charge in [-0.25, -0.2) is 14.2 Å². The summed E-state index contributed by atoms with van der Waals surface area (Å²) >= 11 is 1.58. The summed E-state index contributed by atoms with van der Waals surface area (Å²) in [6, 6.07) is 11.6. The predicted molar refractivity (Wildman–Crippen MR) is 134 cm³/mol. The van der Waals surface area contributed by atoms with Crippen LogP contribution in [0.2, 0.25) is 0 Å². The maximum absolute atomic E-state index is 14.5. The molecule has 3 atom stereocenters. The van der Waals surface area contributed by atoms with E-state index < -0.39 is 17.8 Å². The number of hydrogen-bond donors (Lipinski definition) is 3. The molecule has 35 heavy (non-hydrogen) atoms. The zero-order valence-corrected chi connectivity index (χ0v) is 20.3. The van der Waals surface area contributed by atoms with Crippen molar-refractivity contribution < 1.29 is 19.1 Å². The van der Waals surface area contributed by atoms with Crippen molar-refractivity contribution in [1.82, 2.24) is 15.3 Å². The minimum Gasteiger partial charge on any atom is -0.465 e. The molecule has 0 spiro atoms. The summed E-state index contributed by atoms with van der Waals surface area (Å²) in [5.74, 6) is -0.597. The quantitative estimate of drug-likeness (QED) is 0.374. The number of thioether (sulfide) groups is 1. The summed E-state index contributed by atoms with van der Waals surface area (Å²) in [7, 11) is 0. The Morgan fingerprint density at radius 2 is 1.86 bits per heavy atom. The Morgan fingerprint density at radius 1 is 1.09 bits per heavy atom. The number of aromatic nitrogens is 2. The van der Waals surface area contributed by atoms with Gasteiger partial charge in [-0.05, 0) is 73.2 Å². The molecule has 0 radical (unpaired) electrons. The standard InChI is InChI=1S/C26H27FN4O3S/c1-15-11-17(13-18(12-15)29-26(33)34)20-9-10-28-14-23(20)31-25(32)22-8-7-21(27)24(30-22)16-3-5-19(35-2)6-4-16/h3-10,14-15,17-18,29H,11-13H2,1-2H3,(H,31,32)(H,33,34)/t15-,17+,18?/m0/s1. The number of anilines is 1. The molecule has 9 heteroatoms. The van der Waals surface area contributed by atoms with Gasteiger partial charge in [-0.1, -0.05) is 19.1 Å². The number of halogens is 1. The van der Waals surface area contributed by atoms with Crippen molar-refractivity contribution in [3.63, 3.8) is 0 Å². The van der Waals surface area contributed by atoms with Crippen LogP contribution in [0.5, 0.6) is 0 Å². The second-order valence-electron chi connectivity index (χ2n) is 8.83. The van der Waals surface area contributed by atoms with Gasteiger partial charge in [0.15, 0.2) is 0 Å². The molecule has 2 heterocycles. The number of rotatable bonds is 6. The maximum Gasteiger partial charge on any atom is 0.404 e. The number of benzene rings is 1. The number of nitrogens with one attached hydrogen (secondary N) is 2. The van der Waals surface area contributed by atoms with E-state index in [1.807, 2.05) is 24.5 Å². The fourth-order valence-electron chi connectivity index (χ4n) is 4.72. The lowest BCUT2D eigenvalue weighted by atomic mass is 9.76. The molecule has 0 bridgehead atoms. The highest BCUT2D eigenvalue weighted by Crippen LogP contribution is 2.39. The molecule has 2 aromatic heterocycles. The number of carbonyl (C=O) groups excluding carboxylic acids is 1. The number of nitrogens with zero attached hydrogens (tertiary/aromatic N) is 2. The third kappa shape index (κ3) is 5.97. The predicted octanol–water partition coefficient (Wildman–Crippen LogP) is 5.80. The van der Waals surface area contributed by atoms with E-state index in [1.165, 1.54) is 12.1 Å². The van der Waals surface area contributed by atoms with Gasteiger partial charge in [0.1, 0.15) is 17.2 Å². The highest BCUT2D eigenvalue weighted by molar-refractivity contribution is 7.98. The van der Waals surface area contributed by atoms with Crippen LogP contribution in [0.1, 0.15) is 48.2 Å². The van der Waals surface area contributed by atoms with Crippen molar-refractivity contribution in [2.45, 2.75) is 43.0 Å². The molecule has 1 saturated carbocycles. The van der Waals surface area contributed by atoms with Crippen molar-refractivity contribution in [1.29, 1.82) is 0 Å². The molecule has 7 nitrogen and oxygen atoms in total. The van der Waals surface area contributed by atoms with Crippen molar-refractivity contribution in [3.8, 4) is 11.3 Å². The zero-order chi connectivity index (χ0) is 24.9. The SMILES string of the molecule is CSc1ccc(-c2nc(C(=O)Nc3cnccc3[C@H]3CC(NC(=O)O)C[C@@H](C)C3)ccc2F)cc1. The number of hydrogen-bond acceptors (Lipinski definition) is 5. The number of amides is 2. The van der Waals surface area contributed by atoms with Crippen LogP contribution in [-0.4, -0.2) is 39.4 Å². The van der Waals surface area contributed by atoms with Crippen LogP contribution >= 0.6 is 11.8 Å². The fraction of sp³-hybridized carbons (Fsp3) is 0.308. The molecular formula is C26H27FN4O3S.